The van der Waals surface area contributed by atoms with Gasteiger partial charge in [-0.1, -0.05) is 0 Å². The number of Topliss-reactive ketones (excluding diaryl/α,β-unsaturated/α-hetero) is 1. The summed E-state index contributed by atoms with van der Waals surface area (Å²) in [5.41, 5.74) is 0. The van der Waals surface area contributed by atoms with E-state index in [9.17, 15) is 19.2 Å². The lowest BCUT2D eigenvalue weighted by atomic mass is 9.98. The summed E-state index contributed by atoms with van der Waals surface area (Å²) in [6.45, 7) is 1.22. The SMILES string of the molecule is CC(=O)NC(CSCC1C(=O)CCC1C(=O)O)C(=O)O. The monoisotopic (exact) mass is 303 g/mol. The van der Waals surface area contributed by atoms with Crippen molar-refractivity contribution in [2.24, 2.45) is 11.8 Å². The molecule has 0 bridgehead atoms. The summed E-state index contributed by atoms with van der Waals surface area (Å²) in [6.07, 6.45) is 0.601. The van der Waals surface area contributed by atoms with E-state index in [1.54, 1.807) is 0 Å². The normalized spacial score (nSPS) is 23.4. The molecular formula is C12H17NO6S. The number of nitrogens with one attached hydrogen (secondary N) is 1. The first-order valence-corrected chi connectivity index (χ1v) is 7.31. The van der Waals surface area contributed by atoms with Crippen LogP contribution in [0.5, 0.6) is 0 Å². The molecule has 1 fully saturated rings. The predicted molar refractivity (Wildman–Crippen MR) is 71.4 cm³/mol. The van der Waals surface area contributed by atoms with Gasteiger partial charge in [-0.2, -0.15) is 11.8 Å². The zero-order valence-corrected chi connectivity index (χ0v) is 11.8. The number of thioether (sulfide) groups is 1. The molecule has 3 atom stereocenters. The zero-order valence-electron chi connectivity index (χ0n) is 11.0. The minimum absolute atomic E-state index is 0.0868. The average molecular weight is 303 g/mol. The Labute approximate surface area is 120 Å². The predicted octanol–water partition coefficient (Wildman–Crippen LogP) is -0.0112. The number of rotatable bonds is 7. The van der Waals surface area contributed by atoms with Crippen molar-refractivity contribution in [2.45, 2.75) is 25.8 Å². The van der Waals surface area contributed by atoms with Gasteiger partial charge in [-0.05, 0) is 6.42 Å². The summed E-state index contributed by atoms with van der Waals surface area (Å²) < 4.78 is 0. The Kier molecular flexibility index (Phi) is 6.00. The van der Waals surface area contributed by atoms with E-state index in [0.717, 1.165) is 0 Å². The van der Waals surface area contributed by atoms with Crippen molar-refractivity contribution in [1.29, 1.82) is 0 Å². The van der Waals surface area contributed by atoms with Crippen LogP contribution in [-0.2, 0) is 19.2 Å². The zero-order chi connectivity index (χ0) is 15.3. The number of carbonyl (C=O) groups is 4. The molecule has 0 aromatic rings. The van der Waals surface area contributed by atoms with Crippen molar-refractivity contribution in [3.63, 3.8) is 0 Å². The summed E-state index contributed by atoms with van der Waals surface area (Å²) in [7, 11) is 0. The Bertz CT molecular complexity index is 424. The van der Waals surface area contributed by atoms with Gasteiger partial charge in [-0.15, -0.1) is 0 Å². The van der Waals surface area contributed by atoms with Gasteiger partial charge in [0, 0.05) is 30.8 Å². The molecule has 1 amide bonds. The summed E-state index contributed by atoms with van der Waals surface area (Å²) >= 11 is 1.17. The minimum Gasteiger partial charge on any atom is -0.481 e. The molecule has 3 unspecified atom stereocenters. The fraction of sp³-hybridized carbons (Fsp3) is 0.667. The maximum atomic E-state index is 11.6. The lowest BCUT2D eigenvalue weighted by molar-refractivity contribution is -0.144. The maximum Gasteiger partial charge on any atom is 0.327 e. The second-order valence-electron chi connectivity index (χ2n) is 4.69. The van der Waals surface area contributed by atoms with Crippen LogP contribution in [0.1, 0.15) is 19.8 Å². The van der Waals surface area contributed by atoms with Crippen LogP contribution in [0, 0.1) is 11.8 Å². The van der Waals surface area contributed by atoms with Crippen LogP contribution in [0.15, 0.2) is 0 Å². The third-order valence-electron chi connectivity index (χ3n) is 3.18. The molecule has 0 aromatic heterocycles. The number of carbonyl (C=O) groups excluding carboxylic acids is 2. The number of aliphatic carboxylic acids is 2. The molecule has 1 saturated carbocycles. The Morgan fingerprint density at radius 3 is 2.55 bits per heavy atom. The second-order valence-corrected chi connectivity index (χ2v) is 5.76. The first-order chi connectivity index (χ1) is 9.32. The molecule has 0 aromatic carbocycles. The lowest BCUT2D eigenvalue weighted by Crippen LogP contribution is -2.41. The molecule has 112 valence electrons. The number of carboxylic acid groups (broad SMARTS) is 2. The molecule has 3 N–H and O–H groups in total. The summed E-state index contributed by atoms with van der Waals surface area (Å²) in [5.74, 6) is -3.55. The fourth-order valence-electron chi connectivity index (χ4n) is 2.15. The van der Waals surface area contributed by atoms with Crippen molar-refractivity contribution in [3.8, 4) is 0 Å². The second kappa shape index (κ2) is 7.28. The number of carboxylic acids is 2. The third kappa shape index (κ3) is 4.52. The highest BCUT2D eigenvalue weighted by atomic mass is 32.2. The molecule has 0 aliphatic heterocycles. The quantitative estimate of drug-likeness (QED) is 0.604. The smallest absolute Gasteiger partial charge is 0.327 e. The van der Waals surface area contributed by atoms with Crippen molar-refractivity contribution in [3.05, 3.63) is 0 Å². The van der Waals surface area contributed by atoms with Gasteiger partial charge in [-0.3, -0.25) is 14.4 Å². The van der Waals surface area contributed by atoms with E-state index in [2.05, 4.69) is 5.32 Å². The van der Waals surface area contributed by atoms with Crippen molar-refractivity contribution < 1.29 is 29.4 Å². The number of hydrogen-bond acceptors (Lipinski definition) is 5. The van der Waals surface area contributed by atoms with Gasteiger partial charge in [0.15, 0.2) is 0 Å². The molecule has 1 aliphatic carbocycles. The Morgan fingerprint density at radius 1 is 1.40 bits per heavy atom. The van der Waals surface area contributed by atoms with Gasteiger partial charge in [0.25, 0.3) is 0 Å². The van der Waals surface area contributed by atoms with E-state index in [1.807, 2.05) is 0 Å². The van der Waals surface area contributed by atoms with Crippen LogP contribution < -0.4 is 5.32 Å². The largest absolute Gasteiger partial charge is 0.481 e. The van der Waals surface area contributed by atoms with Gasteiger partial charge in [0.05, 0.1) is 5.92 Å². The Balaban J connectivity index is 2.49. The van der Waals surface area contributed by atoms with E-state index in [0.29, 0.717) is 6.42 Å². The van der Waals surface area contributed by atoms with E-state index in [1.165, 1.54) is 18.7 Å². The van der Waals surface area contributed by atoms with Crippen LogP contribution >= 0.6 is 11.8 Å². The van der Waals surface area contributed by atoms with Gasteiger partial charge < -0.3 is 15.5 Å². The first kappa shape index (κ1) is 16.5. The van der Waals surface area contributed by atoms with E-state index in [4.69, 9.17) is 10.2 Å². The molecular weight excluding hydrogens is 286 g/mol. The number of amides is 1. The molecule has 1 aliphatic rings. The lowest BCUT2D eigenvalue weighted by Gasteiger charge is -2.16. The van der Waals surface area contributed by atoms with E-state index < -0.39 is 35.7 Å². The highest BCUT2D eigenvalue weighted by molar-refractivity contribution is 7.99. The Hall–Kier alpha value is -1.57. The minimum atomic E-state index is -1.15. The van der Waals surface area contributed by atoms with E-state index in [-0.39, 0.29) is 23.7 Å². The molecule has 20 heavy (non-hydrogen) atoms. The maximum absolute atomic E-state index is 11.6. The van der Waals surface area contributed by atoms with Gasteiger partial charge in [-0.25, -0.2) is 4.79 Å². The summed E-state index contributed by atoms with van der Waals surface area (Å²) in [5, 5.41) is 20.2. The van der Waals surface area contributed by atoms with E-state index >= 15 is 0 Å². The molecule has 8 heteroatoms. The van der Waals surface area contributed by atoms with Crippen LogP contribution in [-0.4, -0.2) is 51.4 Å². The molecule has 1 rings (SSSR count). The number of hydrogen-bond donors (Lipinski definition) is 3. The highest BCUT2D eigenvalue weighted by Crippen LogP contribution is 2.31. The standard InChI is InChI=1S/C12H17NO6S/c1-6(14)13-9(12(18)19)5-20-4-8-7(11(16)17)2-3-10(8)15/h7-9H,2-5H2,1H3,(H,13,14)(H,16,17)(H,18,19). The molecule has 0 heterocycles. The average Bonchev–Trinajstić information content (AvgIpc) is 2.69. The third-order valence-corrected chi connectivity index (χ3v) is 4.34. The topological polar surface area (TPSA) is 121 Å². The van der Waals surface area contributed by atoms with Crippen molar-refractivity contribution >= 4 is 35.4 Å². The highest BCUT2D eigenvalue weighted by Gasteiger charge is 2.39. The summed E-state index contributed by atoms with van der Waals surface area (Å²) in [4.78, 5) is 44.4. The molecule has 0 spiro atoms. The first-order valence-electron chi connectivity index (χ1n) is 6.16. The molecule has 0 saturated heterocycles. The van der Waals surface area contributed by atoms with Gasteiger partial charge >= 0.3 is 11.9 Å². The Morgan fingerprint density at radius 2 is 2.05 bits per heavy atom. The van der Waals surface area contributed by atoms with Crippen LogP contribution in [0.2, 0.25) is 0 Å². The van der Waals surface area contributed by atoms with Crippen LogP contribution in [0.4, 0.5) is 0 Å². The number of ketones is 1. The van der Waals surface area contributed by atoms with Gasteiger partial charge in [0.1, 0.15) is 11.8 Å². The fourth-order valence-corrected chi connectivity index (χ4v) is 3.42. The van der Waals surface area contributed by atoms with Crippen molar-refractivity contribution in [2.75, 3.05) is 11.5 Å². The summed E-state index contributed by atoms with van der Waals surface area (Å²) in [6, 6.07) is -1.03. The molecule has 7 nitrogen and oxygen atoms in total. The van der Waals surface area contributed by atoms with Crippen molar-refractivity contribution in [1.82, 2.24) is 5.32 Å². The van der Waals surface area contributed by atoms with Gasteiger partial charge in [0.2, 0.25) is 5.91 Å². The van der Waals surface area contributed by atoms with Crippen LogP contribution in [0.3, 0.4) is 0 Å². The van der Waals surface area contributed by atoms with Crippen LogP contribution in [0.25, 0.3) is 0 Å². The molecule has 0 radical (unpaired) electrons.